The van der Waals surface area contributed by atoms with Crippen LogP contribution in [0.2, 0.25) is 5.02 Å². The maximum Gasteiger partial charge on any atom is 0.170 e. The van der Waals surface area contributed by atoms with Gasteiger partial charge in [0.05, 0.1) is 17.8 Å². The Balaban J connectivity index is 1.82. The summed E-state index contributed by atoms with van der Waals surface area (Å²) in [6.07, 6.45) is 4.07. The van der Waals surface area contributed by atoms with E-state index in [2.05, 4.69) is 58.7 Å². The first kappa shape index (κ1) is 20.9. The molecule has 3 aromatic rings. The van der Waals surface area contributed by atoms with Crippen LogP contribution in [0.25, 0.3) is 5.69 Å². The summed E-state index contributed by atoms with van der Waals surface area (Å²) in [4.78, 5) is 6.98. The lowest BCUT2D eigenvalue weighted by Gasteiger charge is -2.28. The Morgan fingerprint density at radius 1 is 1.13 bits per heavy atom. The van der Waals surface area contributed by atoms with Crippen LogP contribution in [0.1, 0.15) is 54.5 Å². The number of unbranched alkanes of at least 4 members (excludes halogenated alkanes) is 1. The van der Waals surface area contributed by atoms with Crippen LogP contribution in [0.5, 0.6) is 0 Å². The van der Waals surface area contributed by atoms with Crippen LogP contribution in [0.15, 0.2) is 54.7 Å². The van der Waals surface area contributed by atoms with E-state index in [-0.39, 0.29) is 12.1 Å². The van der Waals surface area contributed by atoms with Gasteiger partial charge in [0, 0.05) is 34.8 Å². The summed E-state index contributed by atoms with van der Waals surface area (Å²) in [5.41, 5.74) is 5.74. The normalized spacial score (nSPS) is 18.7. The lowest BCUT2D eigenvalue weighted by molar-refractivity contribution is 0.312. The first-order chi connectivity index (χ1) is 14.5. The number of hydrogen-bond acceptors (Lipinski definition) is 2. The molecule has 6 heteroatoms. The number of benzene rings is 1. The van der Waals surface area contributed by atoms with E-state index in [1.807, 2.05) is 36.5 Å². The number of pyridine rings is 1. The molecule has 0 spiro atoms. The third-order valence-electron chi connectivity index (χ3n) is 5.81. The van der Waals surface area contributed by atoms with E-state index in [1.165, 1.54) is 17.0 Å². The van der Waals surface area contributed by atoms with Gasteiger partial charge in [0.2, 0.25) is 0 Å². The van der Waals surface area contributed by atoms with Gasteiger partial charge >= 0.3 is 0 Å². The molecule has 156 valence electrons. The predicted octanol–water partition coefficient (Wildman–Crippen LogP) is 5.92. The monoisotopic (exact) mass is 438 g/mol. The molecule has 0 radical (unpaired) electrons. The minimum absolute atomic E-state index is 0.0175. The van der Waals surface area contributed by atoms with Gasteiger partial charge in [-0.1, -0.05) is 37.1 Å². The average Bonchev–Trinajstić information content (AvgIpc) is 3.22. The quantitative estimate of drug-likeness (QED) is 0.484. The lowest BCUT2D eigenvalue weighted by atomic mass is 9.96. The maximum absolute atomic E-state index is 6.28. The van der Waals surface area contributed by atoms with Crippen LogP contribution in [0, 0.1) is 13.8 Å². The molecule has 0 aliphatic carbocycles. The van der Waals surface area contributed by atoms with Crippen LogP contribution in [0.3, 0.4) is 0 Å². The molecule has 4 nitrogen and oxygen atoms in total. The molecular weight excluding hydrogens is 412 g/mol. The van der Waals surface area contributed by atoms with E-state index in [4.69, 9.17) is 23.8 Å². The minimum atomic E-state index is 0.0175. The second kappa shape index (κ2) is 8.78. The highest BCUT2D eigenvalue weighted by atomic mass is 35.5. The fourth-order valence-electron chi connectivity index (χ4n) is 4.41. The molecule has 1 N–H and O–H groups in total. The topological polar surface area (TPSA) is 33.1 Å². The largest absolute Gasteiger partial charge is 0.352 e. The van der Waals surface area contributed by atoms with Crippen molar-refractivity contribution >= 4 is 28.9 Å². The molecule has 4 rings (SSSR count). The van der Waals surface area contributed by atoms with E-state index >= 15 is 0 Å². The lowest BCUT2D eigenvalue weighted by Crippen LogP contribution is -2.30. The first-order valence-electron chi connectivity index (χ1n) is 10.4. The zero-order chi connectivity index (χ0) is 21.3. The van der Waals surface area contributed by atoms with Crippen molar-refractivity contribution in [2.24, 2.45) is 0 Å². The number of rotatable bonds is 6. The number of nitrogens with one attached hydrogen (secondary N) is 1. The molecule has 0 amide bonds. The van der Waals surface area contributed by atoms with Gasteiger partial charge in [-0.2, -0.15) is 0 Å². The molecule has 1 fully saturated rings. The maximum atomic E-state index is 6.28. The summed E-state index contributed by atoms with van der Waals surface area (Å²) < 4.78 is 2.27. The average molecular weight is 439 g/mol. The summed E-state index contributed by atoms with van der Waals surface area (Å²) in [6, 6.07) is 16.5. The summed E-state index contributed by atoms with van der Waals surface area (Å²) >= 11 is 12.0. The van der Waals surface area contributed by atoms with E-state index in [9.17, 15) is 0 Å². The molecule has 0 bridgehead atoms. The second-order valence-corrected chi connectivity index (χ2v) is 8.64. The number of nitrogens with zero attached hydrogens (tertiary/aromatic N) is 3. The summed E-state index contributed by atoms with van der Waals surface area (Å²) in [6.45, 7) is 7.46. The van der Waals surface area contributed by atoms with Crippen molar-refractivity contribution in [3.05, 3.63) is 82.4 Å². The van der Waals surface area contributed by atoms with Gasteiger partial charge in [0.25, 0.3) is 0 Å². The molecule has 3 heterocycles. The molecular formula is C24H27ClN4S. The van der Waals surface area contributed by atoms with Crippen LogP contribution in [0.4, 0.5) is 0 Å². The zero-order valence-corrected chi connectivity index (χ0v) is 19.2. The zero-order valence-electron chi connectivity index (χ0n) is 17.6. The van der Waals surface area contributed by atoms with Crippen molar-refractivity contribution in [3.8, 4) is 5.69 Å². The molecule has 0 saturated carbocycles. The summed E-state index contributed by atoms with van der Waals surface area (Å²) in [5, 5.41) is 5.09. The molecule has 30 heavy (non-hydrogen) atoms. The molecule has 2 atom stereocenters. The van der Waals surface area contributed by atoms with Crippen LogP contribution in [-0.2, 0) is 0 Å². The third kappa shape index (κ3) is 3.84. The van der Waals surface area contributed by atoms with Crippen LogP contribution < -0.4 is 5.32 Å². The van der Waals surface area contributed by atoms with Gasteiger partial charge in [-0.05, 0) is 74.4 Å². The van der Waals surface area contributed by atoms with Gasteiger partial charge in [0.15, 0.2) is 5.11 Å². The predicted molar refractivity (Wildman–Crippen MR) is 127 cm³/mol. The Morgan fingerprint density at radius 2 is 1.97 bits per heavy atom. The standard InChI is InChI=1S/C24H27ClN4S/c1-4-5-13-28-23(22(27-24(28)30)21-11-6-7-12-26-21)20-14-16(2)29(17(20)3)19-10-8-9-18(25)15-19/h6-12,14-15,22-23H,4-5,13H2,1-3H3,(H,27,30). The highest BCUT2D eigenvalue weighted by molar-refractivity contribution is 7.80. The summed E-state index contributed by atoms with van der Waals surface area (Å²) in [7, 11) is 0. The Bertz CT molecular complexity index is 1050. The van der Waals surface area contributed by atoms with Crippen molar-refractivity contribution in [2.45, 2.75) is 45.7 Å². The van der Waals surface area contributed by atoms with Crippen molar-refractivity contribution in [3.63, 3.8) is 0 Å². The molecule has 1 aliphatic rings. The number of thiocarbonyl (C=S) groups is 1. The van der Waals surface area contributed by atoms with Gasteiger partial charge in [-0.25, -0.2) is 0 Å². The fourth-order valence-corrected chi connectivity index (χ4v) is 4.93. The molecule has 1 aliphatic heterocycles. The van der Waals surface area contributed by atoms with Crippen molar-refractivity contribution < 1.29 is 0 Å². The van der Waals surface area contributed by atoms with E-state index in [1.54, 1.807) is 0 Å². The second-order valence-electron chi connectivity index (χ2n) is 7.82. The Kier molecular flexibility index (Phi) is 6.11. The first-order valence-corrected chi connectivity index (χ1v) is 11.2. The number of halogens is 1. The van der Waals surface area contributed by atoms with Crippen LogP contribution in [-0.4, -0.2) is 26.1 Å². The number of hydrogen-bond donors (Lipinski definition) is 1. The van der Waals surface area contributed by atoms with Crippen molar-refractivity contribution in [1.29, 1.82) is 0 Å². The Morgan fingerprint density at radius 3 is 2.67 bits per heavy atom. The van der Waals surface area contributed by atoms with Crippen LogP contribution >= 0.6 is 23.8 Å². The van der Waals surface area contributed by atoms with Crippen molar-refractivity contribution in [2.75, 3.05) is 6.54 Å². The van der Waals surface area contributed by atoms with Gasteiger partial charge < -0.3 is 14.8 Å². The SMILES string of the molecule is CCCCN1C(=S)NC(c2ccccn2)C1c1cc(C)n(-c2cccc(Cl)c2)c1C. The molecule has 1 aromatic carbocycles. The highest BCUT2D eigenvalue weighted by Gasteiger charge is 2.41. The van der Waals surface area contributed by atoms with E-state index in [0.717, 1.165) is 40.9 Å². The van der Waals surface area contributed by atoms with Gasteiger partial charge in [-0.15, -0.1) is 0 Å². The minimum Gasteiger partial charge on any atom is -0.352 e. The Hall–Kier alpha value is -2.37. The van der Waals surface area contributed by atoms with Crippen molar-refractivity contribution in [1.82, 2.24) is 19.8 Å². The third-order valence-corrected chi connectivity index (χ3v) is 6.39. The van der Waals surface area contributed by atoms with Gasteiger partial charge in [0.1, 0.15) is 0 Å². The number of aryl methyl sites for hydroxylation is 1. The highest BCUT2D eigenvalue weighted by Crippen LogP contribution is 2.41. The number of aromatic nitrogens is 2. The molecule has 2 unspecified atom stereocenters. The van der Waals surface area contributed by atoms with Gasteiger partial charge in [-0.3, -0.25) is 4.98 Å². The van der Waals surface area contributed by atoms with E-state index < -0.39 is 0 Å². The Labute approximate surface area is 188 Å². The summed E-state index contributed by atoms with van der Waals surface area (Å²) in [5.74, 6) is 0. The van der Waals surface area contributed by atoms with E-state index in [0.29, 0.717) is 0 Å². The molecule has 1 saturated heterocycles. The smallest absolute Gasteiger partial charge is 0.170 e. The fraction of sp³-hybridized carbons (Fsp3) is 0.333. The molecule has 2 aromatic heterocycles.